The number of pyridine rings is 1. The number of halogens is 4. The zero-order chi connectivity index (χ0) is 27.7. The number of thioether (sulfide) groups is 1. The maximum absolute atomic E-state index is 13.6. The van der Waals surface area contributed by atoms with Gasteiger partial charge >= 0.3 is 12.1 Å². The second-order valence-corrected chi connectivity index (χ2v) is 10.7. The number of alkyl halides is 3. The Kier molecular flexibility index (Phi) is 7.66. The Morgan fingerprint density at radius 1 is 1.18 bits per heavy atom. The Balaban J connectivity index is 1.38. The van der Waals surface area contributed by atoms with Crippen LogP contribution in [0.15, 0.2) is 64.6 Å². The summed E-state index contributed by atoms with van der Waals surface area (Å²) in [6, 6.07) is 12.9. The molecule has 0 spiro atoms. The fourth-order valence-corrected chi connectivity index (χ4v) is 5.55. The zero-order valence-electron chi connectivity index (χ0n) is 20.7. The molecule has 1 aromatic heterocycles. The van der Waals surface area contributed by atoms with Crippen molar-refractivity contribution in [3.63, 3.8) is 0 Å². The lowest BCUT2D eigenvalue weighted by molar-refractivity contribution is -0.171. The number of likely N-dealkylation sites (tertiary alicyclic amines) is 1. The van der Waals surface area contributed by atoms with E-state index >= 15 is 0 Å². The van der Waals surface area contributed by atoms with Crippen LogP contribution in [-0.4, -0.2) is 59.2 Å². The number of anilines is 2. The van der Waals surface area contributed by atoms with E-state index in [1.54, 1.807) is 12.3 Å². The Morgan fingerprint density at radius 3 is 2.69 bits per heavy atom. The van der Waals surface area contributed by atoms with E-state index in [2.05, 4.69) is 15.3 Å². The first-order valence-corrected chi connectivity index (χ1v) is 13.3. The van der Waals surface area contributed by atoms with Crippen molar-refractivity contribution in [1.29, 1.82) is 0 Å². The van der Waals surface area contributed by atoms with Crippen molar-refractivity contribution < 1.29 is 22.8 Å². The van der Waals surface area contributed by atoms with E-state index in [4.69, 9.17) is 11.6 Å². The molecule has 1 fully saturated rings. The minimum absolute atomic E-state index is 0.0641. The van der Waals surface area contributed by atoms with Gasteiger partial charge in [-0.2, -0.15) is 18.2 Å². The number of nitrogens with zero attached hydrogens (tertiary/aromatic N) is 4. The molecule has 0 aliphatic carbocycles. The third-order valence-corrected chi connectivity index (χ3v) is 7.76. The normalized spacial score (nSPS) is 18.0. The van der Waals surface area contributed by atoms with E-state index < -0.39 is 24.0 Å². The second-order valence-electron chi connectivity index (χ2n) is 9.28. The van der Waals surface area contributed by atoms with Crippen LogP contribution in [0.1, 0.15) is 18.4 Å². The molecule has 0 radical (unpaired) electrons. The fraction of sp³-hybridized carbons (Fsp3) is 0.259. The van der Waals surface area contributed by atoms with Crippen molar-refractivity contribution in [3.8, 4) is 0 Å². The van der Waals surface area contributed by atoms with Crippen LogP contribution in [0.3, 0.4) is 0 Å². The summed E-state index contributed by atoms with van der Waals surface area (Å²) in [5, 5.41) is 4.30. The molecule has 0 atom stereocenters. The lowest BCUT2D eigenvalue weighted by Crippen LogP contribution is -2.51. The zero-order valence-corrected chi connectivity index (χ0v) is 22.3. The average Bonchev–Trinajstić information content (AvgIpc) is 3.24. The number of carbonyl (C=O) groups excluding carboxylic acids is 2. The Bertz CT molecular complexity index is 1500. The molecule has 7 nitrogen and oxygen atoms in total. The Hall–Kier alpha value is -3.41. The van der Waals surface area contributed by atoms with Gasteiger partial charge in [-0.3, -0.25) is 14.6 Å². The van der Waals surface area contributed by atoms with Crippen LogP contribution in [0.4, 0.5) is 24.5 Å². The molecule has 0 bridgehead atoms. The van der Waals surface area contributed by atoms with Crippen molar-refractivity contribution in [1.82, 2.24) is 9.88 Å². The molecule has 1 N–H and O–H groups in total. The number of carbonyl (C=O) groups is 2. The third kappa shape index (κ3) is 6.10. The van der Waals surface area contributed by atoms with E-state index in [-0.39, 0.29) is 21.6 Å². The van der Waals surface area contributed by atoms with E-state index in [0.717, 1.165) is 33.1 Å². The summed E-state index contributed by atoms with van der Waals surface area (Å²) < 4.78 is 40.7. The van der Waals surface area contributed by atoms with E-state index in [0.29, 0.717) is 30.8 Å². The molecule has 3 heterocycles. The van der Waals surface area contributed by atoms with Crippen LogP contribution in [0.25, 0.3) is 17.0 Å². The quantitative estimate of drug-likeness (QED) is 0.388. The van der Waals surface area contributed by atoms with Gasteiger partial charge in [-0.15, -0.1) is 0 Å². The van der Waals surface area contributed by atoms with Crippen molar-refractivity contribution in [3.05, 3.63) is 70.2 Å². The summed E-state index contributed by atoms with van der Waals surface area (Å²) in [4.78, 5) is 36.6. The number of amidine groups is 1. The van der Waals surface area contributed by atoms with Gasteiger partial charge in [0.25, 0.3) is 5.91 Å². The van der Waals surface area contributed by atoms with Gasteiger partial charge in [0.2, 0.25) is 0 Å². The Morgan fingerprint density at radius 2 is 1.95 bits per heavy atom. The maximum Gasteiger partial charge on any atom is 0.471 e. The fourth-order valence-electron chi connectivity index (χ4n) is 4.56. The number of fused-ring (bicyclic) bond motifs is 1. The van der Waals surface area contributed by atoms with Gasteiger partial charge in [0, 0.05) is 23.3 Å². The minimum Gasteiger partial charge on any atom is -0.333 e. The van der Waals surface area contributed by atoms with E-state index in [1.807, 2.05) is 42.3 Å². The molecule has 1 saturated heterocycles. The molecule has 5 rings (SSSR count). The average molecular weight is 574 g/mol. The van der Waals surface area contributed by atoms with Crippen molar-refractivity contribution in [2.24, 2.45) is 4.99 Å². The molecular formula is C27H23ClF3N5O2S. The predicted molar refractivity (Wildman–Crippen MR) is 149 cm³/mol. The summed E-state index contributed by atoms with van der Waals surface area (Å²) in [5.74, 6) is -2.38. The van der Waals surface area contributed by atoms with Crippen LogP contribution in [0, 0.1) is 0 Å². The molecular weight excluding hydrogens is 551 g/mol. The molecule has 202 valence electrons. The molecule has 3 aromatic rings. The first-order valence-electron chi connectivity index (χ1n) is 12.1. The largest absolute Gasteiger partial charge is 0.471 e. The number of piperidine rings is 1. The predicted octanol–water partition coefficient (Wildman–Crippen LogP) is 5.96. The first-order chi connectivity index (χ1) is 18.6. The highest BCUT2D eigenvalue weighted by molar-refractivity contribution is 8.18. The molecule has 2 aliphatic rings. The molecule has 12 heteroatoms. The number of aliphatic imine (C=N–C) groups is 1. The molecule has 0 saturated carbocycles. The smallest absolute Gasteiger partial charge is 0.333 e. The number of amides is 2. The van der Waals surface area contributed by atoms with Crippen molar-refractivity contribution in [2.75, 3.05) is 30.4 Å². The molecule has 2 aliphatic heterocycles. The molecule has 2 aromatic carbocycles. The second kappa shape index (κ2) is 11.0. The summed E-state index contributed by atoms with van der Waals surface area (Å²) in [5.41, 5.74) is 1.92. The van der Waals surface area contributed by atoms with Crippen LogP contribution < -0.4 is 10.2 Å². The highest BCUT2D eigenvalue weighted by Crippen LogP contribution is 2.36. The van der Waals surface area contributed by atoms with Gasteiger partial charge in [0.15, 0.2) is 5.17 Å². The number of hydrogen-bond donors (Lipinski definition) is 1. The maximum atomic E-state index is 13.6. The standard InChI is InChI=1S/C27H23ClF3N5O2S/c1-35-11-8-18(9-12-35)36(25(38)27(29,30)31)19-5-6-20(28)22(15-19)33-26-34-24(37)23(39-26)14-16-4-7-21-17(13-16)3-2-10-32-21/h2-7,10,13-15,18H,8-9,11-12H2,1H3,(H,33,34,37). The van der Waals surface area contributed by atoms with E-state index in [9.17, 15) is 22.8 Å². The number of rotatable bonds is 4. The van der Waals surface area contributed by atoms with Gasteiger partial charge < -0.3 is 15.1 Å². The van der Waals surface area contributed by atoms with Crippen molar-refractivity contribution in [2.45, 2.75) is 25.1 Å². The molecule has 0 unspecified atom stereocenters. The van der Waals surface area contributed by atoms with Gasteiger partial charge in [0.05, 0.1) is 21.1 Å². The van der Waals surface area contributed by atoms with E-state index in [1.165, 1.54) is 18.2 Å². The summed E-state index contributed by atoms with van der Waals surface area (Å²) in [6.07, 6.45) is -0.819. The van der Waals surface area contributed by atoms with Crippen LogP contribution >= 0.6 is 23.4 Å². The number of hydrogen-bond acceptors (Lipinski definition) is 6. The first kappa shape index (κ1) is 27.2. The van der Waals surface area contributed by atoms with Crippen LogP contribution in [-0.2, 0) is 9.59 Å². The Labute approximate surface area is 231 Å². The monoisotopic (exact) mass is 573 g/mol. The SMILES string of the molecule is CN1CCC(N(C(=O)C(F)(F)F)c2ccc(Cl)c(NC3=NC(=O)C(=Cc4ccc5ncccc5c4)S3)c2)CC1. The molecule has 39 heavy (non-hydrogen) atoms. The number of nitrogens with one attached hydrogen (secondary N) is 1. The number of aromatic nitrogens is 1. The molecule has 2 amide bonds. The summed E-state index contributed by atoms with van der Waals surface area (Å²) >= 11 is 7.43. The van der Waals surface area contributed by atoms with Gasteiger partial charge in [-0.1, -0.05) is 23.7 Å². The topological polar surface area (TPSA) is 77.9 Å². The minimum atomic E-state index is -5.03. The van der Waals surface area contributed by atoms with Gasteiger partial charge in [-0.05, 0) is 92.8 Å². The third-order valence-electron chi connectivity index (χ3n) is 6.53. The summed E-state index contributed by atoms with van der Waals surface area (Å²) in [6.45, 7) is 1.15. The van der Waals surface area contributed by atoms with Gasteiger partial charge in [0.1, 0.15) is 0 Å². The van der Waals surface area contributed by atoms with Gasteiger partial charge in [-0.25, -0.2) is 0 Å². The number of benzene rings is 2. The van der Waals surface area contributed by atoms with Crippen LogP contribution in [0.5, 0.6) is 0 Å². The lowest BCUT2D eigenvalue weighted by atomic mass is 10.0. The van der Waals surface area contributed by atoms with Crippen molar-refractivity contribution >= 4 is 68.7 Å². The lowest BCUT2D eigenvalue weighted by Gasteiger charge is -2.37. The highest BCUT2D eigenvalue weighted by Gasteiger charge is 2.45. The highest BCUT2D eigenvalue weighted by atomic mass is 35.5. The summed E-state index contributed by atoms with van der Waals surface area (Å²) in [7, 11) is 1.89. The van der Waals surface area contributed by atoms with Crippen LogP contribution in [0.2, 0.25) is 5.02 Å².